The minimum Gasteiger partial charge on any atom is -0.458 e. The quantitative estimate of drug-likeness (QED) is 0.723. The molecular weight excluding hydrogens is 342 g/mol. The van der Waals surface area contributed by atoms with Gasteiger partial charge in [-0.25, -0.2) is 9.59 Å². The molecule has 1 amide bonds. The standard InChI is InChI=1S/C9H13NO3.C8H12N2O3/c1-9(2,3)13-8(12)6-4-5-7(11)10-6;1-8(2,3)13-7(12)10-5-4-6(11)9-10/h4-6H,1-3H3,(H,10,11);4-5H,1-3H3,(H,9,11). The Balaban J connectivity index is 0.000000260. The Morgan fingerprint density at radius 3 is 2.00 bits per heavy atom. The first-order chi connectivity index (χ1) is 11.8. The Bertz CT molecular complexity index is 746. The van der Waals surface area contributed by atoms with Crippen LogP contribution in [0.2, 0.25) is 0 Å². The number of carbonyl (C=O) groups is 3. The molecule has 26 heavy (non-hydrogen) atoms. The van der Waals surface area contributed by atoms with Crippen LogP contribution < -0.4 is 10.9 Å². The van der Waals surface area contributed by atoms with Gasteiger partial charge in [-0.15, -0.1) is 0 Å². The second-order valence-corrected chi connectivity index (χ2v) is 7.52. The molecule has 0 aliphatic carbocycles. The Hall–Kier alpha value is -2.84. The fraction of sp³-hybridized carbons (Fsp3) is 0.529. The number of esters is 1. The summed E-state index contributed by atoms with van der Waals surface area (Å²) in [6.07, 6.45) is 3.57. The third-order valence-electron chi connectivity index (χ3n) is 2.59. The third kappa shape index (κ3) is 7.82. The average Bonchev–Trinajstić information content (AvgIpc) is 3.04. The summed E-state index contributed by atoms with van der Waals surface area (Å²) in [7, 11) is 0. The highest BCUT2D eigenvalue weighted by Gasteiger charge is 2.27. The average molecular weight is 367 g/mol. The van der Waals surface area contributed by atoms with Crippen molar-refractivity contribution in [1.29, 1.82) is 0 Å². The number of amides is 1. The van der Waals surface area contributed by atoms with Crippen molar-refractivity contribution in [2.75, 3.05) is 0 Å². The molecule has 0 spiro atoms. The molecule has 1 atom stereocenters. The van der Waals surface area contributed by atoms with E-state index in [1.807, 2.05) is 0 Å². The van der Waals surface area contributed by atoms with E-state index in [0.29, 0.717) is 0 Å². The summed E-state index contributed by atoms with van der Waals surface area (Å²) < 4.78 is 11.1. The maximum atomic E-state index is 11.3. The van der Waals surface area contributed by atoms with E-state index in [-0.39, 0.29) is 11.5 Å². The van der Waals surface area contributed by atoms with Crippen LogP contribution in [-0.2, 0) is 19.1 Å². The van der Waals surface area contributed by atoms with Crippen LogP contribution in [0.15, 0.2) is 29.2 Å². The third-order valence-corrected chi connectivity index (χ3v) is 2.59. The van der Waals surface area contributed by atoms with E-state index in [2.05, 4.69) is 10.4 Å². The van der Waals surface area contributed by atoms with E-state index in [0.717, 1.165) is 4.68 Å². The first-order valence-corrected chi connectivity index (χ1v) is 7.99. The monoisotopic (exact) mass is 367 g/mol. The molecule has 1 unspecified atom stereocenters. The first kappa shape index (κ1) is 21.2. The van der Waals surface area contributed by atoms with E-state index in [1.54, 1.807) is 41.5 Å². The van der Waals surface area contributed by atoms with Gasteiger partial charge in [0, 0.05) is 18.3 Å². The van der Waals surface area contributed by atoms with Gasteiger partial charge in [0.05, 0.1) is 0 Å². The Morgan fingerprint density at radius 1 is 1.04 bits per heavy atom. The van der Waals surface area contributed by atoms with Crippen LogP contribution in [0.3, 0.4) is 0 Å². The number of ether oxygens (including phenoxy) is 2. The minimum absolute atomic E-state index is 0.254. The molecule has 1 aliphatic rings. The lowest BCUT2D eigenvalue weighted by Gasteiger charge is -2.21. The molecule has 0 radical (unpaired) electrons. The van der Waals surface area contributed by atoms with Crippen LogP contribution in [0.1, 0.15) is 41.5 Å². The van der Waals surface area contributed by atoms with E-state index >= 15 is 0 Å². The van der Waals surface area contributed by atoms with Crippen LogP contribution in [0, 0.1) is 0 Å². The van der Waals surface area contributed by atoms with Crippen LogP contribution in [-0.4, -0.2) is 45.0 Å². The summed E-state index contributed by atoms with van der Waals surface area (Å²) in [4.78, 5) is 44.0. The van der Waals surface area contributed by atoms with Gasteiger partial charge in [-0.2, -0.15) is 4.68 Å². The number of nitrogens with zero attached hydrogens (tertiary/aromatic N) is 1. The molecule has 1 aromatic heterocycles. The van der Waals surface area contributed by atoms with Gasteiger partial charge in [0.25, 0.3) is 5.56 Å². The zero-order valence-electron chi connectivity index (χ0n) is 15.8. The van der Waals surface area contributed by atoms with Gasteiger partial charge in [0.15, 0.2) is 0 Å². The minimum atomic E-state index is -0.619. The highest BCUT2D eigenvalue weighted by atomic mass is 16.6. The van der Waals surface area contributed by atoms with Gasteiger partial charge < -0.3 is 14.8 Å². The van der Waals surface area contributed by atoms with E-state index < -0.39 is 29.3 Å². The molecule has 0 fully saturated rings. The van der Waals surface area contributed by atoms with E-state index in [1.165, 1.54) is 24.4 Å². The molecule has 0 saturated carbocycles. The van der Waals surface area contributed by atoms with E-state index in [9.17, 15) is 19.2 Å². The molecular formula is C17H25N3O6. The summed E-state index contributed by atoms with van der Waals surface area (Å²) >= 11 is 0. The number of carbonyl (C=O) groups excluding carboxylic acids is 3. The van der Waals surface area contributed by atoms with Crippen molar-refractivity contribution in [3.8, 4) is 0 Å². The summed E-state index contributed by atoms with van der Waals surface area (Å²) in [5.74, 6) is -0.676. The Kier molecular flexibility index (Phi) is 6.55. The van der Waals surface area contributed by atoms with Crippen molar-refractivity contribution < 1.29 is 23.9 Å². The highest BCUT2D eigenvalue weighted by Crippen LogP contribution is 2.10. The lowest BCUT2D eigenvalue weighted by Crippen LogP contribution is -2.38. The molecule has 2 N–H and O–H groups in total. The zero-order valence-corrected chi connectivity index (χ0v) is 15.8. The maximum Gasteiger partial charge on any atom is 0.433 e. The Morgan fingerprint density at radius 2 is 1.62 bits per heavy atom. The lowest BCUT2D eigenvalue weighted by atomic mass is 10.2. The highest BCUT2D eigenvalue weighted by molar-refractivity contribution is 5.96. The molecule has 2 rings (SSSR count). The smallest absolute Gasteiger partial charge is 0.433 e. The van der Waals surface area contributed by atoms with Gasteiger partial charge in [0.2, 0.25) is 5.91 Å². The number of hydrogen-bond acceptors (Lipinski definition) is 6. The topological polar surface area (TPSA) is 119 Å². The van der Waals surface area contributed by atoms with Gasteiger partial charge in [0.1, 0.15) is 17.2 Å². The molecule has 1 aromatic rings. The largest absolute Gasteiger partial charge is 0.458 e. The molecule has 9 heteroatoms. The predicted molar refractivity (Wildman–Crippen MR) is 93.6 cm³/mol. The van der Waals surface area contributed by atoms with Crippen molar-refractivity contribution in [2.24, 2.45) is 0 Å². The number of aromatic amines is 1. The van der Waals surface area contributed by atoms with Gasteiger partial charge in [-0.1, -0.05) is 0 Å². The van der Waals surface area contributed by atoms with E-state index in [4.69, 9.17) is 9.47 Å². The second-order valence-electron chi connectivity index (χ2n) is 7.52. The fourth-order valence-electron chi connectivity index (χ4n) is 1.69. The Labute approximate surface area is 151 Å². The molecule has 144 valence electrons. The first-order valence-electron chi connectivity index (χ1n) is 7.99. The summed E-state index contributed by atoms with van der Waals surface area (Å²) in [6.45, 7) is 10.6. The zero-order chi connectivity index (χ0) is 20.1. The second kappa shape index (κ2) is 8.03. The molecule has 2 heterocycles. The fourth-order valence-corrected chi connectivity index (χ4v) is 1.69. The van der Waals surface area contributed by atoms with Gasteiger partial charge >= 0.3 is 12.1 Å². The summed E-state index contributed by atoms with van der Waals surface area (Å²) in [6, 6.07) is 0.635. The van der Waals surface area contributed by atoms with Crippen molar-refractivity contribution in [3.63, 3.8) is 0 Å². The van der Waals surface area contributed by atoms with Crippen molar-refractivity contribution in [2.45, 2.75) is 58.8 Å². The summed E-state index contributed by atoms with van der Waals surface area (Å²) in [5, 5.41) is 4.74. The van der Waals surface area contributed by atoms with Crippen LogP contribution in [0.25, 0.3) is 0 Å². The van der Waals surface area contributed by atoms with Gasteiger partial charge in [-0.05, 0) is 47.6 Å². The SMILES string of the molecule is CC(C)(C)OC(=O)C1C=CC(=O)N1.CC(C)(C)OC(=O)n1ccc(=O)[nH]1. The maximum absolute atomic E-state index is 11.3. The predicted octanol–water partition coefficient (Wildman–Crippen LogP) is 1.34. The van der Waals surface area contributed by atoms with Crippen LogP contribution >= 0.6 is 0 Å². The number of nitrogens with one attached hydrogen (secondary N) is 2. The van der Waals surface area contributed by atoms with Gasteiger partial charge in [-0.3, -0.25) is 14.7 Å². The van der Waals surface area contributed by atoms with Crippen LogP contribution in [0.4, 0.5) is 4.79 Å². The number of hydrogen-bond donors (Lipinski definition) is 2. The van der Waals surface area contributed by atoms with Crippen molar-refractivity contribution in [3.05, 3.63) is 34.8 Å². The number of rotatable bonds is 1. The van der Waals surface area contributed by atoms with Crippen LogP contribution in [0.5, 0.6) is 0 Å². The van der Waals surface area contributed by atoms with Crippen molar-refractivity contribution >= 4 is 18.0 Å². The lowest BCUT2D eigenvalue weighted by molar-refractivity contribution is -0.156. The normalized spacial score (nSPS) is 16.4. The number of aromatic nitrogens is 2. The molecule has 0 aromatic carbocycles. The molecule has 0 saturated heterocycles. The summed E-state index contributed by atoms with van der Waals surface area (Å²) in [5.41, 5.74) is -1.40. The molecule has 1 aliphatic heterocycles. The molecule has 9 nitrogen and oxygen atoms in total. The molecule has 0 bridgehead atoms. The number of H-pyrrole nitrogens is 1. The van der Waals surface area contributed by atoms with Crippen molar-refractivity contribution in [1.82, 2.24) is 15.1 Å².